The third-order valence-corrected chi connectivity index (χ3v) is 4.01. The maximum atomic E-state index is 12.1. The van der Waals surface area contributed by atoms with Gasteiger partial charge in [0.25, 0.3) is 0 Å². The third-order valence-electron chi connectivity index (χ3n) is 3.07. The quantitative estimate of drug-likeness (QED) is 0.538. The molecule has 120 valence electrons. The van der Waals surface area contributed by atoms with Gasteiger partial charge in [0.1, 0.15) is 0 Å². The fourth-order valence-corrected chi connectivity index (χ4v) is 2.47. The highest BCUT2D eigenvalue weighted by atomic mass is 32.2. The lowest BCUT2D eigenvalue weighted by Crippen LogP contribution is -2.26. The molecule has 0 aliphatic heterocycles. The van der Waals surface area contributed by atoms with Crippen LogP contribution < -0.4 is 5.32 Å². The van der Waals surface area contributed by atoms with E-state index >= 15 is 0 Å². The summed E-state index contributed by atoms with van der Waals surface area (Å²) in [5.41, 5.74) is 2.61. The van der Waals surface area contributed by atoms with E-state index in [1.165, 1.54) is 11.8 Å². The zero-order chi connectivity index (χ0) is 16.5. The number of carboxylic acid groups (broad SMARTS) is 1. The highest BCUT2D eigenvalue weighted by Gasteiger charge is 2.11. The Morgan fingerprint density at radius 3 is 2.59 bits per heavy atom. The minimum Gasteiger partial charge on any atom is -0.481 e. The summed E-state index contributed by atoms with van der Waals surface area (Å²) < 4.78 is 0. The molecule has 5 nitrogen and oxygen atoms in total. The van der Waals surface area contributed by atoms with E-state index in [9.17, 15) is 14.4 Å². The molecule has 0 atom stereocenters. The van der Waals surface area contributed by atoms with Crippen LogP contribution in [0.5, 0.6) is 0 Å². The lowest BCUT2D eigenvalue weighted by molar-refractivity contribution is -0.133. The van der Waals surface area contributed by atoms with Crippen LogP contribution in [0.25, 0.3) is 0 Å². The summed E-state index contributed by atoms with van der Waals surface area (Å²) >= 11 is 1.25. The van der Waals surface area contributed by atoms with Crippen LogP contribution in [0.2, 0.25) is 0 Å². The second-order valence-corrected chi connectivity index (χ2v) is 6.14. The number of hydrogen-bond donors (Lipinski definition) is 2. The molecule has 6 heteroatoms. The molecular formula is C16H21NO4S. The number of rotatable bonds is 9. The number of aryl methyl sites for hydroxylation is 2. The number of carbonyl (C=O) groups excluding carboxylic acids is 2. The molecule has 2 N–H and O–H groups in total. The first kappa shape index (κ1) is 18.2. The van der Waals surface area contributed by atoms with E-state index in [2.05, 4.69) is 5.32 Å². The smallest absolute Gasteiger partial charge is 0.313 e. The summed E-state index contributed by atoms with van der Waals surface area (Å²) in [5.74, 6) is -0.508. The lowest BCUT2D eigenvalue weighted by atomic mass is 9.99. The highest BCUT2D eigenvalue weighted by molar-refractivity contribution is 7.99. The van der Waals surface area contributed by atoms with Crippen LogP contribution in [-0.2, 0) is 9.59 Å². The van der Waals surface area contributed by atoms with Crippen LogP contribution in [0.1, 0.15) is 34.3 Å². The van der Waals surface area contributed by atoms with Crippen molar-refractivity contribution in [1.82, 2.24) is 5.32 Å². The molecule has 0 fully saturated rings. The van der Waals surface area contributed by atoms with E-state index in [1.54, 1.807) is 0 Å². The maximum Gasteiger partial charge on any atom is 0.313 e. The largest absolute Gasteiger partial charge is 0.481 e. The van der Waals surface area contributed by atoms with Crippen LogP contribution in [-0.4, -0.2) is 40.8 Å². The molecule has 0 saturated carbocycles. The van der Waals surface area contributed by atoms with E-state index < -0.39 is 5.97 Å². The van der Waals surface area contributed by atoms with Crippen molar-refractivity contribution in [2.75, 3.05) is 18.1 Å². The van der Waals surface area contributed by atoms with Crippen LogP contribution >= 0.6 is 11.8 Å². The molecule has 0 aliphatic carbocycles. The topological polar surface area (TPSA) is 83.5 Å². The fourth-order valence-electron chi connectivity index (χ4n) is 1.91. The van der Waals surface area contributed by atoms with E-state index in [4.69, 9.17) is 5.11 Å². The summed E-state index contributed by atoms with van der Waals surface area (Å²) in [7, 11) is 0. The number of hydrogen-bond acceptors (Lipinski definition) is 4. The predicted octanol–water partition coefficient (Wildman–Crippen LogP) is 2.20. The standard InChI is InChI=1S/C16H21NO4S/c1-11-3-4-12(2)13(9-11)14(18)5-6-15(19)17-7-8-22-10-16(20)21/h3-4,9H,5-8,10H2,1-2H3,(H,17,19)(H,20,21). The molecule has 0 heterocycles. The van der Waals surface area contributed by atoms with Gasteiger partial charge in [0.2, 0.25) is 5.91 Å². The molecule has 0 saturated heterocycles. The van der Waals surface area contributed by atoms with E-state index in [0.717, 1.165) is 11.1 Å². The molecule has 22 heavy (non-hydrogen) atoms. The van der Waals surface area contributed by atoms with Crippen LogP contribution in [0.3, 0.4) is 0 Å². The van der Waals surface area contributed by atoms with Crippen molar-refractivity contribution in [3.8, 4) is 0 Å². The Morgan fingerprint density at radius 1 is 1.18 bits per heavy atom. The van der Waals surface area contributed by atoms with Gasteiger partial charge in [0.05, 0.1) is 5.75 Å². The monoisotopic (exact) mass is 323 g/mol. The Balaban J connectivity index is 2.30. The summed E-state index contributed by atoms with van der Waals surface area (Å²) in [4.78, 5) is 34.1. The Hall–Kier alpha value is -1.82. The number of amides is 1. The first-order chi connectivity index (χ1) is 10.4. The normalized spacial score (nSPS) is 10.3. The number of Topliss-reactive ketones (excluding diaryl/α,β-unsaturated/α-hetero) is 1. The Labute approximate surface area is 134 Å². The van der Waals surface area contributed by atoms with Gasteiger partial charge in [-0.3, -0.25) is 14.4 Å². The fraction of sp³-hybridized carbons (Fsp3) is 0.438. The minimum absolute atomic E-state index is 0.0288. The van der Waals surface area contributed by atoms with E-state index in [0.29, 0.717) is 17.9 Å². The molecule has 0 spiro atoms. The molecule has 0 aliphatic rings. The van der Waals surface area contributed by atoms with Crippen molar-refractivity contribution in [3.63, 3.8) is 0 Å². The predicted molar refractivity (Wildman–Crippen MR) is 87.5 cm³/mol. The van der Waals surface area contributed by atoms with E-state index in [1.807, 2.05) is 32.0 Å². The summed E-state index contributed by atoms with van der Waals surface area (Å²) in [6, 6.07) is 5.70. The molecule has 1 rings (SSSR count). The van der Waals surface area contributed by atoms with Crippen LogP contribution in [0.15, 0.2) is 18.2 Å². The van der Waals surface area contributed by atoms with Crippen molar-refractivity contribution < 1.29 is 19.5 Å². The van der Waals surface area contributed by atoms with Gasteiger partial charge in [0.15, 0.2) is 5.78 Å². The maximum absolute atomic E-state index is 12.1. The summed E-state index contributed by atoms with van der Waals surface area (Å²) in [6.07, 6.45) is 0.328. The number of thioether (sulfide) groups is 1. The van der Waals surface area contributed by atoms with Crippen molar-refractivity contribution in [1.29, 1.82) is 0 Å². The van der Waals surface area contributed by atoms with Crippen molar-refractivity contribution >= 4 is 29.4 Å². The van der Waals surface area contributed by atoms with E-state index in [-0.39, 0.29) is 30.3 Å². The highest BCUT2D eigenvalue weighted by Crippen LogP contribution is 2.13. The first-order valence-corrected chi connectivity index (χ1v) is 8.22. The number of benzene rings is 1. The number of ketones is 1. The zero-order valence-electron chi connectivity index (χ0n) is 12.8. The van der Waals surface area contributed by atoms with Gasteiger partial charge in [-0.05, 0) is 25.5 Å². The van der Waals surface area contributed by atoms with Crippen LogP contribution in [0, 0.1) is 13.8 Å². The SMILES string of the molecule is Cc1ccc(C)c(C(=O)CCC(=O)NCCSCC(=O)O)c1. The third kappa shape index (κ3) is 6.76. The number of aliphatic carboxylic acids is 1. The Morgan fingerprint density at radius 2 is 1.91 bits per heavy atom. The summed E-state index contributed by atoms with van der Waals surface area (Å²) in [5, 5.41) is 11.2. The summed E-state index contributed by atoms with van der Waals surface area (Å²) in [6.45, 7) is 4.22. The van der Waals surface area contributed by atoms with Gasteiger partial charge in [-0.1, -0.05) is 17.7 Å². The molecule has 0 bridgehead atoms. The molecular weight excluding hydrogens is 302 g/mol. The minimum atomic E-state index is -0.865. The Kier molecular flexibility index (Phi) is 7.66. The van der Waals surface area contributed by atoms with Gasteiger partial charge in [0, 0.05) is 30.7 Å². The number of nitrogens with one attached hydrogen (secondary N) is 1. The van der Waals surface area contributed by atoms with Crippen LogP contribution in [0.4, 0.5) is 0 Å². The molecule has 1 amide bonds. The van der Waals surface area contributed by atoms with Crippen molar-refractivity contribution in [2.45, 2.75) is 26.7 Å². The molecule has 0 aromatic heterocycles. The Bertz CT molecular complexity index is 557. The average molecular weight is 323 g/mol. The van der Waals surface area contributed by atoms with Gasteiger partial charge in [-0.15, -0.1) is 11.8 Å². The number of carbonyl (C=O) groups is 3. The average Bonchev–Trinajstić information content (AvgIpc) is 2.46. The van der Waals surface area contributed by atoms with Crippen molar-refractivity contribution in [3.05, 3.63) is 34.9 Å². The van der Waals surface area contributed by atoms with Gasteiger partial charge < -0.3 is 10.4 Å². The first-order valence-electron chi connectivity index (χ1n) is 7.07. The van der Waals surface area contributed by atoms with Crippen molar-refractivity contribution in [2.24, 2.45) is 0 Å². The molecule has 1 aromatic rings. The van der Waals surface area contributed by atoms with Gasteiger partial charge >= 0.3 is 5.97 Å². The molecule has 1 aromatic carbocycles. The zero-order valence-corrected chi connectivity index (χ0v) is 13.7. The lowest BCUT2D eigenvalue weighted by Gasteiger charge is -2.07. The molecule has 0 unspecified atom stereocenters. The number of carboxylic acids is 1. The molecule has 0 radical (unpaired) electrons. The second kappa shape index (κ2) is 9.25. The van der Waals surface area contributed by atoms with Gasteiger partial charge in [-0.25, -0.2) is 0 Å². The van der Waals surface area contributed by atoms with Gasteiger partial charge in [-0.2, -0.15) is 0 Å². The second-order valence-electron chi connectivity index (χ2n) is 5.04.